The third-order valence-electron chi connectivity index (χ3n) is 4.41. The molecule has 2 aromatic carbocycles. The van der Waals surface area contributed by atoms with Gasteiger partial charge < -0.3 is 10.2 Å². The van der Waals surface area contributed by atoms with Crippen LogP contribution in [0, 0.1) is 0 Å². The van der Waals surface area contributed by atoms with Crippen molar-refractivity contribution in [3.63, 3.8) is 0 Å². The second-order valence-corrected chi connectivity index (χ2v) is 6.09. The number of aromatic nitrogens is 1. The largest absolute Gasteiger partial charge is 0.322 e. The van der Waals surface area contributed by atoms with E-state index in [9.17, 15) is 9.59 Å². The van der Waals surface area contributed by atoms with E-state index in [2.05, 4.69) is 10.3 Å². The van der Waals surface area contributed by atoms with Crippen molar-refractivity contribution in [2.24, 2.45) is 0 Å². The van der Waals surface area contributed by atoms with Gasteiger partial charge in [-0.05, 0) is 42.3 Å². The van der Waals surface area contributed by atoms with E-state index in [4.69, 9.17) is 0 Å². The third-order valence-corrected chi connectivity index (χ3v) is 4.41. The number of carbonyl (C=O) groups excluding carboxylic acids is 2. The lowest BCUT2D eigenvalue weighted by molar-refractivity contribution is 0.0984. The fraction of sp³-hybridized carbons (Fsp3) is 0.0952. The summed E-state index contributed by atoms with van der Waals surface area (Å²) in [6, 6.07) is 20.2. The number of carbonyl (C=O) groups is 2. The Morgan fingerprint density at radius 3 is 2.58 bits per heavy atom. The normalized spacial score (nSPS) is 12.5. The summed E-state index contributed by atoms with van der Waals surface area (Å²) in [5, 5.41) is 2.82. The molecule has 1 N–H and O–H groups in total. The molecule has 2 amide bonds. The number of amides is 2. The van der Waals surface area contributed by atoms with E-state index in [0.717, 1.165) is 17.7 Å². The fourth-order valence-corrected chi connectivity index (χ4v) is 3.10. The van der Waals surface area contributed by atoms with Crippen LogP contribution in [0.5, 0.6) is 0 Å². The first-order valence-corrected chi connectivity index (χ1v) is 8.44. The van der Waals surface area contributed by atoms with Gasteiger partial charge in [0.15, 0.2) is 0 Å². The van der Waals surface area contributed by atoms with Gasteiger partial charge >= 0.3 is 0 Å². The molecule has 1 aliphatic heterocycles. The van der Waals surface area contributed by atoms with E-state index in [-0.39, 0.29) is 17.5 Å². The number of nitrogens with zero attached hydrogens (tertiary/aromatic N) is 2. The molecule has 128 valence electrons. The number of benzene rings is 2. The molecule has 0 bridgehead atoms. The van der Waals surface area contributed by atoms with Crippen LogP contribution in [0.3, 0.4) is 0 Å². The highest BCUT2D eigenvalue weighted by Gasteiger charge is 2.26. The summed E-state index contributed by atoms with van der Waals surface area (Å²) in [5.41, 5.74) is 3.44. The van der Waals surface area contributed by atoms with Crippen molar-refractivity contribution in [3.05, 3.63) is 89.7 Å². The van der Waals surface area contributed by atoms with Crippen LogP contribution in [0.15, 0.2) is 72.9 Å². The molecule has 0 radical (unpaired) electrons. The zero-order chi connectivity index (χ0) is 17.9. The molecule has 3 aromatic rings. The summed E-state index contributed by atoms with van der Waals surface area (Å²) >= 11 is 0. The maximum atomic E-state index is 12.9. The molecule has 5 heteroatoms. The van der Waals surface area contributed by atoms with Crippen LogP contribution in [0.1, 0.15) is 26.4 Å². The summed E-state index contributed by atoms with van der Waals surface area (Å²) in [7, 11) is 0. The maximum Gasteiger partial charge on any atom is 0.276 e. The summed E-state index contributed by atoms with van der Waals surface area (Å²) in [5.74, 6) is -0.459. The predicted octanol–water partition coefficient (Wildman–Crippen LogP) is 3.54. The standard InChI is InChI=1S/C21H17N3O2/c25-20(23-17-7-2-1-3-8-17)16-10-12-22-18(14-16)21(26)24-13-11-15-6-4-5-9-19(15)24/h1-10,12,14H,11,13H2,(H,23,25). The van der Waals surface area contributed by atoms with Gasteiger partial charge in [0.1, 0.15) is 5.69 Å². The first kappa shape index (κ1) is 16.0. The molecule has 5 nitrogen and oxygen atoms in total. The van der Waals surface area contributed by atoms with Gasteiger partial charge in [0, 0.05) is 29.7 Å². The fourth-order valence-electron chi connectivity index (χ4n) is 3.10. The molecule has 0 saturated heterocycles. The van der Waals surface area contributed by atoms with Crippen LogP contribution in [0.2, 0.25) is 0 Å². The van der Waals surface area contributed by atoms with Gasteiger partial charge in [0.2, 0.25) is 0 Å². The second kappa shape index (κ2) is 6.80. The average Bonchev–Trinajstić information content (AvgIpc) is 3.12. The van der Waals surface area contributed by atoms with Crippen molar-refractivity contribution >= 4 is 23.2 Å². The monoisotopic (exact) mass is 343 g/mol. The van der Waals surface area contributed by atoms with Gasteiger partial charge in [-0.2, -0.15) is 0 Å². The molecule has 0 fully saturated rings. The number of rotatable bonds is 3. The van der Waals surface area contributed by atoms with Gasteiger partial charge in [0.25, 0.3) is 11.8 Å². The first-order chi connectivity index (χ1) is 12.7. The Balaban J connectivity index is 1.56. The minimum atomic E-state index is -0.269. The van der Waals surface area contributed by atoms with E-state index in [0.29, 0.717) is 17.8 Å². The Kier molecular flexibility index (Phi) is 4.19. The van der Waals surface area contributed by atoms with E-state index >= 15 is 0 Å². The smallest absolute Gasteiger partial charge is 0.276 e. The zero-order valence-electron chi connectivity index (χ0n) is 14.1. The predicted molar refractivity (Wildman–Crippen MR) is 100 cm³/mol. The van der Waals surface area contributed by atoms with Crippen molar-refractivity contribution < 1.29 is 9.59 Å². The first-order valence-electron chi connectivity index (χ1n) is 8.44. The number of hydrogen-bond donors (Lipinski definition) is 1. The van der Waals surface area contributed by atoms with Gasteiger partial charge in [-0.1, -0.05) is 36.4 Å². The molecular formula is C21H17N3O2. The molecule has 0 saturated carbocycles. The highest BCUT2D eigenvalue weighted by molar-refractivity contribution is 6.09. The van der Waals surface area contributed by atoms with Crippen molar-refractivity contribution in [3.8, 4) is 0 Å². The lowest BCUT2D eigenvalue weighted by atomic mass is 10.1. The number of pyridine rings is 1. The van der Waals surface area contributed by atoms with Crippen LogP contribution < -0.4 is 10.2 Å². The van der Waals surface area contributed by atoms with Gasteiger partial charge in [-0.3, -0.25) is 14.6 Å². The van der Waals surface area contributed by atoms with Gasteiger partial charge in [0.05, 0.1) is 0 Å². The summed E-state index contributed by atoms with van der Waals surface area (Å²) in [4.78, 5) is 31.2. The maximum absolute atomic E-state index is 12.9. The van der Waals surface area contributed by atoms with Crippen LogP contribution in [-0.2, 0) is 6.42 Å². The lowest BCUT2D eigenvalue weighted by Crippen LogP contribution is -2.30. The zero-order valence-corrected chi connectivity index (χ0v) is 14.1. The van der Waals surface area contributed by atoms with Crippen molar-refractivity contribution in [1.82, 2.24) is 4.98 Å². The minimum absolute atomic E-state index is 0.190. The quantitative estimate of drug-likeness (QED) is 0.791. The summed E-state index contributed by atoms with van der Waals surface area (Å²) < 4.78 is 0. The molecule has 4 rings (SSSR count). The van der Waals surface area contributed by atoms with Gasteiger partial charge in [-0.15, -0.1) is 0 Å². The molecule has 0 spiro atoms. The Hall–Kier alpha value is -3.47. The van der Waals surface area contributed by atoms with Crippen LogP contribution in [0.4, 0.5) is 11.4 Å². The summed E-state index contributed by atoms with van der Waals surface area (Å²) in [6.07, 6.45) is 2.32. The highest BCUT2D eigenvalue weighted by atomic mass is 16.2. The molecule has 1 aromatic heterocycles. The molecular weight excluding hydrogens is 326 g/mol. The SMILES string of the molecule is O=C(Nc1ccccc1)c1ccnc(C(=O)N2CCc3ccccc32)c1. The number of anilines is 2. The molecule has 0 atom stereocenters. The van der Waals surface area contributed by atoms with Crippen molar-refractivity contribution in [2.75, 3.05) is 16.8 Å². The van der Waals surface area contributed by atoms with Crippen molar-refractivity contribution in [2.45, 2.75) is 6.42 Å². The number of nitrogens with one attached hydrogen (secondary N) is 1. The molecule has 0 unspecified atom stereocenters. The molecule has 0 aliphatic carbocycles. The van der Waals surface area contributed by atoms with Crippen LogP contribution >= 0.6 is 0 Å². The summed E-state index contributed by atoms with van der Waals surface area (Å²) in [6.45, 7) is 0.625. The van der Waals surface area contributed by atoms with E-state index in [1.165, 1.54) is 6.20 Å². The van der Waals surface area contributed by atoms with E-state index < -0.39 is 0 Å². The number of para-hydroxylation sites is 2. The van der Waals surface area contributed by atoms with E-state index in [1.54, 1.807) is 17.0 Å². The molecule has 1 aliphatic rings. The van der Waals surface area contributed by atoms with Gasteiger partial charge in [-0.25, -0.2) is 0 Å². The van der Waals surface area contributed by atoms with Crippen LogP contribution in [-0.4, -0.2) is 23.3 Å². The molecule has 26 heavy (non-hydrogen) atoms. The Labute approximate surface area is 151 Å². The number of fused-ring (bicyclic) bond motifs is 1. The second-order valence-electron chi connectivity index (χ2n) is 6.09. The van der Waals surface area contributed by atoms with Crippen molar-refractivity contribution in [1.29, 1.82) is 0 Å². The third kappa shape index (κ3) is 3.07. The molecule has 2 heterocycles. The lowest BCUT2D eigenvalue weighted by Gasteiger charge is -2.17. The van der Waals surface area contributed by atoms with Crippen LogP contribution in [0.25, 0.3) is 0 Å². The Morgan fingerprint density at radius 2 is 1.73 bits per heavy atom. The Bertz CT molecular complexity index is 970. The average molecular weight is 343 g/mol. The minimum Gasteiger partial charge on any atom is -0.322 e. The van der Waals surface area contributed by atoms with E-state index in [1.807, 2.05) is 54.6 Å². The highest BCUT2D eigenvalue weighted by Crippen LogP contribution is 2.28. The topological polar surface area (TPSA) is 62.3 Å². The number of hydrogen-bond acceptors (Lipinski definition) is 3. The Morgan fingerprint density at radius 1 is 0.962 bits per heavy atom.